The van der Waals surface area contributed by atoms with E-state index in [0.29, 0.717) is 5.78 Å². The van der Waals surface area contributed by atoms with E-state index >= 15 is 0 Å². The lowest BCUT2D eigenvalue weighted by Gasteiger charge is -2.20. The molecule has 0 radical (unpaired) electrons. The first-order chi connectivity index (χ1) is 5.74. The molecule has 1 fully saturated rings. The molecule has 12 heavy (non-hydrogen) atoms. The maximum Gasteiger partial charge on any atom is 0.136 e. The van der Waals surface area contributed by atoms with Crippen molar-refractivity contribution in [2.45, 2.75) is 39.0 Å². The lowest BCUT2D eigenvalue weighted by molar-refractivity contribution is -0.124. The topological polar surface area (TPSA) is 40.9 Å². The maximum atomic E-state index is 11.3. The fraction of sp³-hybridized carbons (Fsp3) is 0.800. The van der Waals surface area contributed by atoms with E-state index in [0.717, 1.165) is 32.1 Å². The number of carbonyl (C=O) groups excluding carboxylic acids is 1. The molecule has 2 nitrogen and oxygen atoms in total. The van der Waals surface area contributed by atoms with Crippen molar-refractivity contribution in [2.75, 3.05) is 0 Å². The zero-order chi connectivity index (χ0) is 8.97. The molecule has 1 aliphatic rings. The van der Waals surface area contributed by atoms with E-state index in [-0.39, 0.29) is 11.8 Å². The molecule has 1 saturated carbocycles. The Hall–Kier alpha value is -0.840. The van der Waals surface area contributed by atoms with Gasteiger partial charge in [0.2, 0.25) is 0 Å². The normalized spacial score (nSPS) is 26.3. The van der Waals surface area contributed by atoms with Gasteiger partial charge in [-0.2, -0.15) is 5.26 Å². The van der Waals surface area contributed by atoms with Crippen LogP contribution in [0.3, 0.4) is 0 Å². The third-order valence-corrected chi connectivity index (χ3v) is 2.54. The summed E-state index contributed by atoms with van der Waals surface area (Å²) in [5.74, 6) is 0.605. The van der Waals surface area contributed by atoms with Crippen molar-refractivity contribution in [2.24, 2.45) is 11.8 Å². The molecule has 0 spiro atoms. The summed E-state index contributed by atoms with van der Waals surface area (Å²) >= 11 is 0. The Bertz CT molecular complexity index is 204. The minimum atomic E-state index is 0.0389. The standard InChI is InChI=1S/C10H15NO/c1-8(7-11)6-9-4-2-3-5-10(9)12/h8-9H,2-6H2,1H3. The van der Waals surface area contributed by atoms with Crippen molar-refractivity contribution in [1.29, 1.82) is 5.26 Å². The summed E-state index contributed by atoms with van der Waals surface area (Å²) in [7, 11) is 0. The first-order valence-electron chi connectivity index (χ1n) is 4.66. The summed E-state index contributed by atoms with van der Waals surface area (Å²) in [5.41, 5.74) is 0. The molecule has 0 N–H and O–H groups in total. The zero-order valence-corrected chi connectivity index (χ0v) is 7.55. The van der Waals surface area contributed by atoms with E-state index in [1.807, 2.05) is 6.92 Å². The second-order valence-corrected chi connectivity index (χ2v) is 3.67. The zero-order valence-electron chi connectivity index (χ0n) is 7.55. The fourth-order valence-corrected chi connectivity index (χ4v) is 1.78. The smallest absolute Gasteiger partial charge is 0.136 e. The van der Waals surface area contributed by atoms with Gasteiger partial charge in [0, 0.05) is 18.3 Å². The Balaban J connectivity index is 2.40. The van der Waals surface area contributed by atoms with Gasteiger partial charge < -0.3 is 0 Å². The van der Waals surface area contributed by atoms with Crippen molar-refractivity contribution in [3.05, 3.63) is 0 Å². The van der Waals surface area contributed by atoms with Crippen LogP contribution in [0.5, 0.6) is 0 Å². The van der Waals surface area contributed by atoms with Crippen molar-refractivity contribution >= 4 is 5.78 Å². The molecule has 0 aromatic heterocycles. The van der Waals surface area contributed by atoms with Gasteiger partial charge in [-0.15, -0.1) is 0 Å². The molecular weight excluding hydrogens is 150 g/mol. The quantitative estimate of drug-likeness (QED) is 0.630. The molecule has 2 heteroatoms. The third kappa shape index (κ3) is 2.34. The van der Waals surface area contributed by atoms with Crippen LogP contribution >= 0.6 is 0 Å². The minimum Gasteiger partial charge on any atom is -0.299 e. The van der Waals surface area contributed by atoms with Gasteiger partial charge in [-0.05, 0) is 26.2 Å². The molecule has 2 atom stereocenters. The lowest BCUT2D eigenvalue weighted by Crippen LogP contribution is -2.20. The number of Topliss-reactive ketones (excluding diaryl/α,β-unsaturated/α-hetero) is 1. The number of hydrogen-bond donors (Lipinski definition) is 0. The van der Waals surface area contributed by atoms with Crippen LogP contribution in [-0.4, -0.2) is 5.78 Å². The Morgan fingerprint density at radius 3 is 3.00 bits per heavy atom. The number of carbonyl (C=O) groups is 1. The van der Waals surface area contributed by atoms with Gasteiger partial charge >= 0.3 is 0 Å². The molecular formula is C10H15NO. The average Bonchev–Trinajstić information content (AvgIpc) is 2.09. The van der Waals surface area contributed by atoms with Crippen molar-refractivity contribution < 1.29 is 4.79 Å². The molecule has 0 aromatic carbocycles. The SMILES string of the molecule is CC(C#N)CC1CCCCC1=O. The summed E-state index contributed by atoms with van der Waals surface area (Å²) in [6.07, 6.45) is 4.73. The molecule has 0 saturated heterocycles. The van der Waals surface area contributed by atoms with Gasteiger partial charge in [0.15, 0.2) is 0 Å². The van der Waals surface area contributed by atoms with Gasteiger partial charge in [0.25, 0.3) is 0 Å². The predicted octanol–water partition coefficient (Wildman–Crippen LogP) is 2.30. The van der Waals surface area contributed by atoms with Crippen molar-refractivity contribution in [3.63, 3.8) is 0 Å². The monoisotopic (exact) mass is 165 g/mol. The van der Waals surface area contributed by atoms with Crippen LogP contribution in [0.4, 0.5) is 0 Å². The average molecular weight is 165 g/mol. The van der Waals surface area contributed by atoms with Crippen LogP contribution < -0.4 is 0 Å². The first-order valence-corrected chi connectivity index (χ1v) is 4.66. The number of nitriles is 1. The molecule has 0 bridgehead atoms. The summed E-state index contributed by atoms with van der Waals surface area (Å²) in [5, 5.41) is 8.59. The molecule has 0 aromatic rings. The van der Waals surface area contributed by atoms with Crippen LogP contribution in [0.2, 0.25) is 0 Å². The van der Waals surface area contributed by atoms with Crippen molar-refractivity contribution in [1.82, 2.24) is 0 Å². The molecule has 2 unspecified atom stereocenters. The number of hydrogen-bond acceptors (Lipinski definition) is 2. The van der Waals surface area contributed by atoms with Crippen LogP contribution in [0.1, 0.15) is 39.0 Å². The van der Waals surface area contributed by atoms with E-state index in [1.165, 1.54) is 0 Å². The van der Waals surface area contributed by atoms with Gasteiger partial charge in [0.05, 0.1) is 6.07 Å². The van der Waals surface area contributed by atoms with E-state index in [4.69, 9.17) is 5.26 Å². The Kier molecular flexibility index (Phi) is 3.28. The highest BCUT2D eigenvalue weighted by molar-refractivity contribution is 5.81. The second-order valence-electron chi connectivity index (χ2n) is 3.67. The van der Waals surface area contributed by atoms with Crippen LogP contribution in [0.15, 0.2) is 0 Å². The van der Waals surface area contributed by atoms with E-state index in [2.05, 4.69) is 6.07 Å². The molecule has 0 amide bonds. The summed E-state index contributed by atoms with van der Waals surface area (Å²) in [6, 6.07) is 2.18. The highest BCUT2D eigenvalue weighted by Crippen LogP contribution is 2.25. The summed E-state index contributed by atoms with van der Waals surface area (Å²) < 4.78 is 0. The van der Waals surface area contributed by atoms with Gasteiger partial charge in [-0.25, -0.2) is 0 Å². The Labute approximate surface area is 73.6 Å². The minimum absolute atomic E-state index is 0.0389. The second kappa shape index (κ2) is 4.25. The highest BCUT2D eigenvalue weighted by Gasteiger charge is 2.23. The predicted molar refractivity (Wildman–Crippen MR) is 46.4 cm³/mol. The summed E-state index contributed by atoms with van der Waals surface area (Å²) in [4.78, 5) is 11.3. The number of ketones is 1. The Morgan fingerprint density at radius 1 is 1.67 bits per heavy atom. The summed E-state index contributed by atoms with van der Waals surface area (Å²) in [6.45, 7) is 1.89. The highest BCUT2D eigenvalue weighted by atomic mass is 16.1. The van der Waals surface area contributed by atoms with Crippen LogP contribution in [0, 0.1) is 23.2 Å². The van der Waals surface area contributed by atoms with Gasteiger partial charge in [-0.3, -0.25) is 4.79 Å². The molecule has 1 rings (SSSR count). The van der Waals surface area contributed by atoms with Gasteiger partial charge in [0.1, 0.15) is 5.78 Å². The number of rotatable bonds is 2. The third-order valence-electron chi connectivity index (χ3n) is 2.54. The molecule has 66 valence electrons. The first kappa shape index (κ1) is 9.25. The maximum absolute atomic E-state index is 11.3. The van der Waals surface area contributed by atoms with Gasteiger partial charge in [-0.1, -0.05) is 6.42 Å². The van der Waals surface area contributed by atoms with Crippen LogP contribution in [0.25, 0.3) is 0 Å². The fourth-order valence-electron chi connectivity index (χ4n) is 1.78. The Morgan fingerprint density at radius 2 is 2.42 bits per heavy atom. The van der Waals surface area contributed by atoms with Crippen molar-refractivity contribution in [3.8, 4) is 6.07 Å². The van der Waals surface area contributed by atoms with Crippen LogP contribution in [-0.2, 0) is 4.79 Å². The van der Waals surface area contributed by atoms with E-state index < -0.39 is 0 Å². The molecule has 1 aliphatic carbocycles. The molecule has 0 heterocycles. The van der Waals surface area contributed by atoms with E-state index in [9.17, 15) is 4.79 Å². The number of nitrogens with zero attached hydrogens (tertiary/aromatic N) is 1. The van der Waals surface area contributed by atoms with E-state index in [1.54, 1.807) is 0 Å². The lowest BCUT2D eigenvalue weighted by atomic mass is 9.82. The molecule has 0 aliphatic heterocycles. The largest absolute Gasteiger partial charge is 0.299 e.